The Kier molecular flexibility index (Phi) is 5.30. The van der Waals surface area contributed by atoms with Crippen molar-refractivity contribution >= 4 is 11.6 Å². The average Bonchev–Trinajstić information content (AvgIpc) is 2.18. The average molecular weight is 215 g/mol. The van der Waals surface area contributed by atoms with Gasteiger partial charge in [-0.2, -0.15) is 4.98 Å². The number of nitrogens with zero attached hydrogens (tertiary/aromatic N) is 2. The third kappa shape index (κ3) is 4.42. The zero-order valence-corrected chi connectivity index (χ0v) is 9.13. The fourth-order valence-electron chi connectivity index (χ4n) is 1.10. The Morgan fingerprint density at radius 1 is 1.29 bits per heavy atom. The van der Waals surface area contributed by atoms with Crippen molar-refractivity contribution in [2.24, 2.45) is 0 Å². The first kappa shape index (κ1) is 11.2. The lowest BCUT2D eigenvalue weighted by Crippen LogP contribution is -1.99. The Morgan fingerprint density at radius 2 is 2.14 bits per heavy atom. The van der Waals surface area contributed by atoms with Gasteiger partial charge in [-0.1, -0.05) is 37.8 Å². The second-order valence-corrected chi connectivity index (χ2v) is 3.48. The first-order valence-electron chi connectivity index (χ1n) is 4.93. The highest BCUT2D eigenvalue weighted by molar-refractivity contribution is 6.29. The van der Waals surface area contributed by atoms with E-state index in [1.54, 1.807) is 6.20 Å². The molecule has 0 saturated carbocycles. The fourth-order valence-corrected chi connectivity index (χ4v) is 1.24. The molecule has 0 aromatic carbocycles. The summed E-state index contributed by atoms with van der Waals surface area (Å²) in [5.41, 5.74) is 0. The molecule has 0 aliphatic carbocycles. The van der Waals surface area contributed by atoms with Gasteiger partial charge in [-0.15, -0.1) is 0 Å². The van der Waals surface area contributed by atoms with Crippen LogP contribution >= 0.6 is 11.6 Å². The Balaban J connectivity index is 2.18. The van der Waals surface area contributed by atoms with Crippen LogP contribution in [0, 0.1) is 0 Å². The third-order valence-electron chi connectivity index (χ3n) is 1.83. The molecule has 4 heteroatoms. The molecule has 0 spiro atoms. The molecule has 1 rings (SSSR count). The summed E-state index contributed by atoms with van der Waals surface area (Å²) in [5.74, 6) is 0.508. The minimum atomic E-state index is 0.371. The molecule has 0 atom stereocenters. The van der Waals surface area contributed by atoms with Gasteiger partial charge in [0.05, 0.1) is 19.0 Å². The van der Waals surface area contributed by atoms with Crippen LogP contribution < -0.4 is 4.74 Å². The van der Waals surface area contributed by atoms with E-state index in [0.29, 0.717) is 17.6 Å². The van der Waals surface area contributed by atoms with E-state index in [9.17, 15) is 0 Å². The van der Waals surface area contributed by atoms with Crippen LogP contribution in [0.1, 0.15) is 32.6 Å². The number of rotatable bonds is 6. The molecule has 0 unspecified atom stereocenters. The van der Waals surface area contributed by atoms with E-state index >= 15 is 0 Å². The highest BCUT2D eigenvalue weighted by atomic mass is 35.5. The molecule has 78 valence electrons. The SMILES string of the molecule is CCCCCCOc1cncc(Cl)n1. The van der Waals surface area contributed by atoms with Crippen molar-refractivity contribution in [1.82, 2.24) is 9.97 Å². The highest BCUT2D eigenvalue weighted by Crippen LogP contribution is 2.09. The van der Waals surface area contributed by atoms with Crippen LogP contribution in [0.5, 0.6) is 5.88 Å². The van der Waals surface area contributed by atoms with Gasteiger partial charge in [-0.05, 0) is 6.42 Å². The van der Waals surface area contributed by atoms with Crippen molar-refractivity contribution in [1.29, 1.82) is 0 Å². The van der Waals surface area contributed by atoms with Crippen molar-refractivity contribution in [3.63, 3.8) is 0 Å². The van der Waals surface area contributed by atoms with Crippen LogP contribution in [0.3, 0.4) is 0 Å². The van der Waals surface area contributed by atoms with E-state index in [1.165, 1.54) is 25.5 Å². The third-order valence-corrected chi connectivity index (χ3v) is 2.01. The lowest BCUT2D eigenvalue weighted by molar-refractivity contribution is 0.292. The molecular formula is C10H15ClN2O. The van der Waals surface area contributed by atoms with Gasteiger partial charge in [0, 0.05) is 0 Å². The van der Waals surface area contributed by atoms with Crippen molar-refractivity contribution in [3.05, 3.63) is 17.5 Å². The van der Waals surface area contributed by atoms with Gasteiger partial charge in [0.1, 0.15) is 0 Å². The zero-order chi connectivity index (χ0) is 10.2. The number of unbranched alkanes of at least 4 members (excludes halogenated alkanes) is 3. The molecule has 0 bridgehead atoms. The molecule has 1 aromatic heterocycles. The number of hydrogen-bond donors (Lipinski definition) is 0. The summed E-state index contributed by atoms with van der Waals surface area (Å²) in [7, 11) is 0. The number of aromatic nitrogens is 2. The van der Waals surface area contributed by atoms with Gasteiger partial charge in [-0.25, -0.2) is 0 Å². The van der Waals surface area contributed by atoms with Crippen LogP contribution in [-0.4, -0.2) is 16.6 Å². The standard InChI is InChI=1S/C10H15ClN2O/c1-2-3-4-5-6-14-10-8-12-7-9(11)13-10/h7-8H,2-6H2,1H3. The van der Waals surface area contributed by atoms with Gasteiger partial charge in [0.2, 0.25) is 5.88 Å². The largest absolute Gasteiger partial charge is 0.477 e. The zero-order valence-electron chi connectivity index (χ0n) is 8.37. The van der Waals surface area contributed by atoms with Crippen molar-refractivity contribution in [3.8, 4) is 5.88 Å². The molecule has 1 aromatic rings. The van der Waals surface area contributed by atoms with Crippen molar-refractivity contribution in [2.45, 2.75) is 32.6 Å². The summed E-state index contributed by atoms with van der Waals surface area (Å²) in [6.45, 7) is 2.87. The summed E-state index contributed by atoms with van der Waals surface area (Å²) in [6.07, 6.45) is 7.81. The van der Waals surface area contributed by atoms with Gasteiger partial charge in [0.15, 0.2) is 5.15 Å². The van der Waals surface area contributed by atoms with Gasteiger partial charge >= 0.3 is 0 Å². The molecule has 3 nitrogen and oxygen atoms in total. The maximum Gasteiger partial charge on any atom is 0.233 e. The Hall–Kier alpha value is -0.830. The fraction of sp³-hybridized carbons (Fsp3) is 0.600. The molecule has 0 N–H and O–H groups in total. The second kappa shape index (κ2) is 6.60. The first-order chi connectivity index (χ1) is 6.83. The second-order valence-electron chi connectivity index (χ2n) is 3.09. The Morgan fingerprint density at radius 3 is 2.86 bits per heavy atom. The molecule has 0 saturated heterocycles. The molecule has 14 heavy (non-hydrogen) atoms. The Bertz CT molecular complexity index is 268. The van der Waals surface area contributed by atoms with Crippen LogP contribution in [0.25, 0.3) is 0 Å². The van der Waals surface area contributed by atoms with E-state index in [1.807, 2.05) is 0 Å². The van der Waals surface area contributed by atoms with Gasteiger partial charge in [0.25, 0.3) is 0 Å². The lowest BCUT2D eigenvalue weighted by atomic mass is 10.2. The molecule has 0 aliphatic rings. The monoisotopic (exact) mass is 214 g/mol. The minimum Gasteiger partial charge on any atom is -0.477 e. The van der Waals surface area contributed by atoms with Crippen molar-refractivity contribution in [2.75, 3.05) is 6.61 Å². The number of hydrogen-bond acceptors (Lipinski definition) is 3. The highest BCUT2D eigenvalue weighted by Gasteiger charge is 1.96. The number of ether oxygens (including phenoxy) is 1. The van der Waals surface area contributed by atoms with E-state index in [2.05, 4.69) is 16.9 Å². The maximum absolute atomic E-state index is 5.65. The van der Waals surface area contributed by atoms with Crippen LogP contribution in [0.2, 0.25) is 5.15 Å². The van der Waals surface area contributed by atoms with E-state index in [-0.39, 0.29) is 0 Å². The quantitative estimate of drug-likeness (QED) is 0.683. The van der Waals surface area contributed by atoms with Crippen LogP contribution in [-0.2, 0) is 0 Å². The molecule has 0 aliphatic heterocycles. The minimum absolute atomic E-state index is 0.371. The summed E-state index contributed by atoms with van der Waals surface area (Å²) >= 11 is 5.65. The van der Waals surface area contributed by atoms with E-state index in [4.69, 9.17) is 16.3 Å². The molecule has 0 radical (unpaired) electrons. The van der Waals surface area contributed by atoms with Crippen LogP contribution in [0.15, 0.2) is 12.4 Å². The van der Waals surface area contributed by atoms with Gasteiger partial charge < -0.3 is 4.74 Å². The predicted molar refractivity (Wildman–Crippen MR) is 56.7 cm³/mol. The normalized spacial score (nSPS) is 10.1. The molecule has 0 amide bonds. The van der Waals surface area contributed by atoms with E-state index in [0.717, 1.165) is 6.42 Å². The Labute approximate surface area is 89.5 Å². The molecule has 1 heterocycles. The van der Waals surface area contributed by atoms with Gasteiger partial charge in [-0.3, -0.25) is 4.98 Å². The summed E-state index contributed by atoms with van der Waals surface area (Å²) < 4.78 is 5.38. The number of halogens is 1. The summed E-state index contributed by atoms with van der Waals surface area (Å²) in [4.78, 5) is 7.85. The summed E-state index contributed by atoms with van der Waals surface area (Å²) in [6, 6.07) is 0. The molecular weight excluding hydrogens is 200 g/mol. The molecule has 0 fully saturated rings. The maximum atomic E-state index is 5.65. The van der Waals surface area contributed by atoms with Crippen molar-refractivity contribution < 1.29 is 4.74 Å². The first-order valence-corrected chi connectivity index (χ1v) is 5.31. The predicted octanol–water partition coefficient (Wildman–Crippen LogP) is 3.09. The van der Waals surface area contributed by atoms with Crippen LogP contribution in [0.4, 0.5) is 0 Å². The lowest BCUT2D eigenvalue weighted by Gasteiger charge is -2.03. The topological polar surface area (TPSA) is 35.0 Å². The van der Waals surface area contributed by atoms with E-state index < -0.39 is 0 Å². The summed E-state index contributed by atoms with van der Waals surface area (Å²) in [5, 5.41) is 0.371. The smallest absolute Gasteiger partial charge is 0.233 e.